The summed E-state index contributed by atoms with van der Waals surface area (Å²) in [4.78, 5) is 32.2. The number of anilines is 1. The number of pyridine rings is 1. The van der Waals surface area contributed by atoms with E-state index in [0.717, 1.165) is 18.4 Å². The molecule has 0 spiro atoms. The van der Waals surface area contributed by atoms with Gasteiger partial charge in [0.15, 0.2) is 0 Å². The molecule has 2 aromatic rings. The third-order valence-electron chi connectivity index (χ3n) is 5.94. The van der Waals surface area contributed by atoms with E-state index in [9.17, 15) is 14.7 Å². The molecule has 1 aliphatic heterocycles. The van der Waals surface area contributed by atoms with E-state index >= 15 is 0 Å². The zero-order valence-corrected chi connectivity index (χ0v) is 17.7. The van der Waals surface area contributed by atoms with E-state index in [1.165, 1.54) is 13.3 Å². The summed E-state index contributed by atoms with van der Waals surface area (Å²) in [7, 11) is 1.51. The molecule has 1 saturated carbocycles. The summed E-state index contributed by atoms with van der Waals surface area (Å²) in [5.41, 5.74) is 1.91. The van der Waals surface area contributed by atoms with E-state index in [0.29, 0.717) is 40.7 Å². The van der Waals surface area contributed by atoms with E-state index in [4.69, 9.17) is 4.74 Å². The Labute approximate surface area is 176 Å². The van der Waals surface area contributed by atoms with Crippen LogP contribution < -0.4 is 10.1 Å². The van der Waals surface area contributed by atoms with Crippen molar-refractivity contribution in [3.63, 3.8) is 0 Å². The molecule has 2 amide bonds. The van der Waals surface area contributed by atoms with Crippen LogP contribution in [0.1, 0.15) is 58.5 Å². The summed E-state index contributed by atoms with van der Waals surface area (Å²) in [6, 6.07) is 6.86. The normalized spacial score (nSPS) is 17.0. The molecule has 2 N–H and O–H groups in total. The number of ether oxygens (including phenoxy) is 1. The van der Waals surface area contributed by atoms with Crippen molar-refractivity contribution in [1.82, 2.24) is 9.88 Å². The minimum Gasteiger partial charge on any atom is -0.481 e. The summed E-state index contributed by atoms with van der Waals surface area (Å²) < 4.78 is 5.20. The summed E-state index contributed by atoms with van der Waals surface area (Å²) >= 11 is 0. The Morgan fingerprint density at radius 3 is 2.70 bits per heavy atom. The van der Waals surface area contributed by atoms with Crippen LogP contribution in [0.2, 0.25) is 0 Å². The Morgan fingerprint density at radius 2 is 2.07 bits per heavy atom. The van der Waals surface area contributed by atoms with Crippen LogP contribution in [-0.4, -0.2) is 45.6 Å². The molecule has 30 heavy (non-hydrogen) atoms. The molecule has 0 radical (unpaired) electrons. The molecule has 1 aliphatic carbocycles. The highest BCUT2D eigenvalue weighted by Gasteiger charge is 2.48. The van der Waals surface area contributed by atoms with Gasteiger partial charge in [0.2, 0.25) is 5.88 Å². The van der Waals surface area contributed by atoms with E-state index in [1.54, 1.807) is 37.8 Å². The first-order chi connectivity index (χ1) is 14.2. The quantitative estimate of drug-likeness (QED) is 0.765. The first kappa shape index (κ1) is 20.3. The number of hydrogen-bond acceptors (Lipinski definition) is 5. The van der Waals surface area contributed by atoms with Gasteiger partial charge in [-0.05, 0) is 57.2 Å². The second kappa shape index (κ2) is 7.40. The van der Waals surface area contributed by atoms with Gasteiger partial charge in [-0.1, -0.05) is 12.1 Å². The Hall–Kier alpha value is -2.93. The maximum Gasteiger partial charge on any atom is 0.256 e. The predicted octanol–water partition coefficient (Wildman–Crippen LogP) is 3.16. The third-order valence-corrected chi connectivity index (χ3v) is 5.94. The van der Waals surface area contributed by atoms with Crippen LogP contribution in [0, 0.1) is 12.8 Å². The summed E-state index contributed by atoms with van der Waals surface area (Å²) in [6.07, 6.45) is 3.55. The molecule has 0 bridgehead atoms. The molecule has 7 nitrogen and oxygen atoms in total. The van der Waals surface area contributed by atoms with Gasteiger partial charge < -0.3 is 20.1 Å². The fourth-order valence-electron chi connectivity index (χ4n) is 4.49. The van der Waals surface area contributed by atoms with Gasteiger partial charge in [0, 0.05) is 23.9 Å². The van der Waals surface area contributed by atoms with Gasteiger partial charge in [-0.25, -0.2) is 4.98 Å². The molecule has 1 aromatic carbocycles. The third kappa shape index (κ3) is 3.54. The number of methoxy groups -OCH3 is 1. The molecule has 1 fully saturated rings. The highest BCUT2D eigenvalue weighted by atomic mass is 16.5. The lowest BCUT2D eigenvalue weighted by Gasteiger charge is -2.37. The molecular formula is C23H27N3O4. The van der Waals surface area contributed by atoms with Crippen molar-refractivity contribution < 1.29 is 19.4 Å². The number of hydrogen-bond donors (Lipinski definition) is 2. The molecule has 2 aliphatic rings. The number of carbonyl (C=O) groups is 2. The molecule has 1 aromatic heterocycles. The van der Waals surface area contributed by atoms with Crippen LogP contribution in [0.4, 0.5) is 5.69 Å². The number of fused-ring (bicyclic) bond motifs is 1. The zero-order chi connectivity index (χ0) is 21.6. The Bertz CT molecular complexity index is 1010. The first-order valence-electron chi connectivity index (χ1n) is 10.2. The van der Waals surface area contributed by atoms with E-state index < -0.39 is 5.60 Å². The molecular weight excluding hydrogens is 382 g/mol. The second-order valence-electron chi connectivity index (χ2n) is 8.66. The first-order valence-corrected chi connectivity index (χ1v) is 10.2. The number of aliphatic hydroxyl groups is 1. The molecule has 158 valence electrons. The molecule has 2 heterocycles. The fraction of sp³-hybridized carbons (Fsp3) is 0.435. The number of aromatic nitrogens is 1. The molecule has 1 atom stereocenters. The van der Waals surface area contributed by atoms with Crippen molar-refractivity contribution in [1.29, 1.82) is 0 Å². The van der Waals surface area contributed by atoms with Gasteiger partial charge in [-0.2, -0.15) is 0 Å². The topological polar surface area (TPSA) is 91.8 Å². The maximum absolute atomic E-state index is 13.4. The standard InChI is InChI=1S/C23H27N3O4/c1-13-16(10-11-24-21(13)30-4)20(27)25-17-7-5-6-15-12-26(22(28)18(15)17)19(14-8-9-14)23(2,3)29/h5-7,10-11,14,19,29H,8-9,12H2,1-4H3,(H,25,27)/t19-/m1/s1. The molecule has 7 heteroatoms. The largest absolute Gasteiger partial charge is 0.481 e. The predicted molar refractivity (Wildman–Crippen MR) is 113 cm³/mol. The van der Waals surface area contributed by atoms with Crippen LogP contribution in [-0.2, 0) is 6.54 Å². The van der Waals surface area contributed by atoms with E-state index in [2.05, 4.69) is 10.3 Å². The smallest absolute Gasteiger partial charge is 0.256 e. The molecule has 0 saturated heterocycles. The average Bonchev–Trinajstić information content (AvgIpc) is 3.45. The lowest BCUT2D eigenvalue weighted by molar-refractivity contribution is -0.0224. The molecule has 0 unspecified atom stereocenters. The number of nitrogens with one attached hydrogen (secondary N) is 1. The van der Waals surface area contributed by atoms with E-state index in [1.807, 2.05) is 12.1 Å². The number of benzene rings is 1. The highest BCUT2D eigenvalue weighted by Crippen LogP contribution is 2.43. The fourth-order valence-corrected chi connectivity index (χ4v) is 4.49. The van der Waals surface area contributed by atoms with Crippen LogP contribution in [0.25, 0.3) is 0 Å². The van der Waals surface area contributed by atoms with Gasteiger partial charge in [0.25, 0.3) is 11.8 Å². The summed E-state index contributed by atoms with van der Waals surface area (Å²) in [6.45, 7) is 5.72. The SMILES string of the molecule is COc1nccc(C(=O)Nc2cccc3c2C(=O)N([C@H](C2CC2)C(C)(C)O)C3)c1C. The maximum atomic E-state index is 13.4. The van der Waals surface area contributed by atoms with Crippen molar-refractivity contribution in [2.24, 2.45) is 5.92 Å². The van der Waals surface area contributed by atoms with E-state index in [-0.39, 0.29) is 17.9 Å². The number of carbonyl (C=O) groups excluding carboxylic acids is 2. The number of rotatable bonds is 6. The van der Waals surface area contributed by atoms with Gasteiger partial charge in [0.05, 0.1) is 30.0 Å². The van der Waals surface area contributed by atoms with Crippen molar-refractivity contribution in [2.75, 3.05) is 12.4 Å². The van der Waals surface area contributed by atoms with Gasteiger partial charge >= 0.3 is 0 Å². The van der Waals surface area contributed by atoms with Crippen molar-refractivity contribution in [3.05, 3.63) is 52.7 Å². The molecule has 4 rings (SSSR count). The highest BCUT2D eigenvalue weighted by molar-refractivity contribution is 6.11. The zero-order valence-electron chi connectivity index (χ0n) is 17.7. The minimum atomic E-state index is -0.993. The van der Waals surface area contributed by atoms with Crippen molar-refractivity contribution >= 4 is 17.5 Å². The van der Waals surface area contributed by atoms with Gasteiger partial charge in [-0.3, -0.25) is 9.59 Å². The Balaban J connectivity index is 1.63. The monoisotopic (exact) mass is 409 g/mol. The van der Waals surface area contributed by atoms with Crippen LogP contribution >= 0.6 is 0 Å². The minimum absolute atomic E-state index is 0.149. The van der Waals surface area contributed by atoms with Crippen molar-refractivity contribution in [3.8, 4) is 5.88 Å². The second-order valence-corrected chi connectivity index (χ2v) is 8.66. The van der Waals surface area contributed by atoms with Gasteiger partial charge in [-0.15, -0.1) is 0 Å². The Morgan fingerprint density at radius 1 is 1.33 bits per heavy atom. The van der Waals surface area contributed by atoms with Gasteiger partial charge in [0.1, 0.15) is 0 Å². The Kier molecular flexibility index (Phi) is 5.02. The van der Waals surface area contributed by atoms with Crippen LogP contribution in [0.3, 0.4) is 0 Å². The average molecular weight is 409 g/mol. The number of nitrogens with zero attached hydrogens (tertiary/aromatic N) is 2. The van der Waals surface area contributed by atoms with Crippen LogP contribution in [0.5, 0.6) is 5.88 Å². The summed E-state index contributed by atoms with van der Waals surface area (Å²) in [5, 5.41) is 13.6. The lowest BCUT2D eigenvalue weighted by atomic mass is 9.93. The van der Waals surface area contributed by atoms with Crippen molar-refractivity contribution in [2.45, 2.75) is 51.8 Å². The summed E-state index contributed by atoms with van der Waals surface area (Å²) in [5.74, 6) is 0.229. The number of amides is 2. The lowest BCUT2D eigenvalue weighted by Crippen LogP contribution is -2.51. The van der Waals surface area contributed by atoms with Crippen LogP contribution in [0.15, 0.2) is 30.5 Å².